The van der Waals surface area contributed by atoms with E-state index >= 15 is 0 Å². The molecule has 8 heteroatoms. The van der Waals surface area contributed by atoms with Gasteiger partial charge in [-0.2, -0.15) is 18.2 Å². The predicted molar refractivity (Wildman–Crippen MR) is 75.1 cm³/mol. The number of hydrogen-bond acceptors (Lipinski definition) is 5. The van der Waals surface area contributed by atoms with E-state index in [0.717, 1.165) is 18.9 Å². The quantitative estimate of drug-likeness (QED) is 0.754. The van der Waals surface area contributed by atoms with Crippen LogP contribution in [0.1, 0.15) is 18.5 Å². The normalized spacial score (nSPS) is 14.7. The zero-order valence-corrected chi connectivity index (χ0v) is 11.4. The van der Waals surface area contributed by atoms with Gasteiger partial charge in [0.05, 0.1) is 0 Å². The molecule has 0 radical (unpaired) electrons. The molecule has 2 aromatic rings. The summed E-state index contributed by atoms with van der Waals surface area (Å²) in [6.45, 7) is 0. The van der Waals surface area contributed by atoms with Gasteiger partial charge in [0.1, 0.15) is 11.6 Å². The molecule has 116 valence electrons. The van der Waals surface area contributed by atoms with Crippen LogP contribution in [0.4, 0.5) is 30.6 Å². The summed E-state index contributed by atoms with van der Waals surface area (Å²) < 4.78 is 38.7. The third-order valence-corrected chi connectivity index (χ3v) is 3.07. The first-order valence-corrected chi connectivity index (χ1v) is 6.69. The Morgan fingerprint density at radius 1 is 1.09 bits per heavy atom. The van der Waals surface area contributed by atoms with Gasteiger partial charge in [-0.05, 0) is 37.1 Å². The lowest BCUT2D eigenvalue weighted by Gasteiger charge is -2.12. The Balaban J connectivity index is 1.89. The minimum Gasteiger partial charge on any atom is -0.508 e. The van der Waals surface area contributed by atoms with E-state index in [2.05, 4.69) is 20.6 Å². The highest BCUT2D eigenvalue weighted by atomic mass is 19.4. The fourth-order valence-corrected chi connectivity index (χ4v) is 1.82. The van der Waals surface area contributed by atoms with Crippen molar-refractivity contribution in [2.75, 3.05) is 10.6 Å². The zero-order valence-electron chi connectivity index (χ0n) is 11.4. The third kappa shape index (κ3) is 3.57. The number of anilines is 3. The van der Waals surface area contributed by atoms with Crippen molar-refractivity contribution in [2.45, 2.75) is 25.1 Å². The number of nitrogens with one attached hydrogen (secondary N) is 2. The van der Waals surface area contributed by atoms with Crippen molar-refractivity contribution in [3.8, 4) is 5.75 Å². The van der Waals surface area contributed by atoms with Crippen molar-refractivity contribution in [3.05, 3.63) is 36.0 Å². The van der Waals surface area contributed by atoms with E-state index in [1.807, 2.05) is 0 Å². The van der Waals surface area contributed by atoms with Crippen LogP contribution in [0.3, 0.4) is 0 Å². The predicted octanol–water partition coefficient (Wildman–Crippen LogP) is 3.52. The molecule has 0 unspecified atom stereocenters. The molecule has 3 rings (SSSR count). The average Bonchev–Trinajstić information content (AvgIpc) is 3.24. The summed E-state index contributed by atoms with van der Waals surface area (Å²) in [4.78, 5) is 7.56. The molecular weight excluding hydrogens is 297 g/mol. The molecule has 1 aliphatic rings. The lowest BCUT2D eigenvalue weighted by Crippen LogP contribution is -2.14. The fourth-order valence-electron chi connectivity index (χ4n) is 1.82. The van der Waals surface area contributed by atoms with Crippen molar-refractivity contribution >= 4 is 17.5 Å². The number of alkyl halides is 3. The Morgan fingerprint density at radius 3 is 2.36 bits per heavy atom. The average molecular weight is 310 g/mol. The third-order valence-electron chi connectivity index (χ3n) is 3.07. The summed E-state index contributed by atoms with van der Waals surface area (Å²) in [5, 5.41) is 14.8. The molecule has 1 aromatic carbocycles. The maximum absolute atomic E-state index is 12.9. The largest absolute Gasteiger partial charge is 0.508 e. The smallest absolute Gasteiger partial charge is 0.433 e. The summed E-state index contributed by atoms with van der Waals surface area (Å²) in [7, 11) is 0. The van der Waals surface area contributed by atoms with Gasteiger partial charge in [-0.1, -0.05) is 0 Å². The maximum atomic E-state index is 12.9. The topological polar surface area (TPSA) is 70.1 Å². The number of aromatic hydroxyl groups is 1. The second kappa shape index (κ2) is 5.36. The van der Waals surface area contributed by atoms with Gasteiger partial charge in [0.15, 0.2) is 5.69 Å². The Morgan fingerprint density at radius 2 is 1.77 bits per heavy atom. The number of nitrogens with zero attached hydrogens (tertiary/aromatic N) is 2. The molecule has 3 N–H and O–H groups in total. The van der Waals surface area contributed by atoms with Crippen molar-refractivity contribution in [1.29, 1.82) is 0 Å². The summed E-state index contributed by atoms with van der Waals surface area (Å²) in [5.74, 6) is 0.0649. The van der Waals surface area contributed by atoms with Crippen molar-refractivity contribution in [1.82, 2.24) is 9.97 Å². The number of rotatable bonds is 4. The second-order valence-electron chi connectivity index (χ2n) is 5.05. The summed E-state index contributed by atoms with van der Waals surface area (Å²) in [6.07, 6.45) is -2.74. The fraction of sp³-hybridized carbons (Fsp3) is 0.286. The molecule has 1 heterocycles. The van der Waals surface area contributed by atoms with Crippen molar-refractivity contribution < 1.29 is 18.3 Å². The number of phenols is 1. The van der Waals surface area contributed by atoms with E-state index in [4.69, 9.17) is 0 Å². The molecule has 0 saturated heterocycles. The van der Waals surface area contributed by atoms with E-state index in [1.165, 1.54) is 12.1 Å². The molecule has 0 bridgehead atoms. The summed E-state index contributed by atoms with van der Waals surface area (Å²) in [6, 6.07) is 6.93. The second-order valence-corrected chi connectivity index (χ2v) is 5.05. The number of phenolic OH excluding ortho intramolecular Hbond substituents is 1. The lowest BCUT2D eigenvalue weighted by molar-refractivity contribution is -0.141. The highest BCUT2D eigenvalue weighted by Crippen LogP contribution is 2.31. The first-order valence-electron chi connectivity index (χ1n) is 6.69. The molecule has 0 spiro atoms. The monoisotopic (exact) mass is 310 g/mol. The molecule has 1 aromatic heterocycles. The maximum Gasteiger partial charge on any atom is 0.433 e. The van der Waals surface area contributed by atoms with Crippen LogP contribution in [-0.4, -0.2) is 21.1 Å². The molecule has 22 heavy (non-hydrogen) atoms. The Bertz CT molecular complexity index is 669. The van der Waals surface area contributed by atoms with Crippen LogP contribution in [0.25, 0.3) is 0 Å². The number of halogens is 3. The van der Waals surface area contributed by atoms with Gasteiger partial charge >= 0.3 is 6.18 Å². The first kappa shape index (κ1) is 14.4. The van der Waals surface area contributed by atoms with E-state index in [1.54, 1.807) is 12.1 Å². The molecule has 0 atom stereocenters. The van der Waals surface area contributed by atoms with Gasteiger partial charge in [-0.3, -0.25) is 0 Å². The van der Waals surface area contributed by atoms with Crippen LogP contribution in [-0.2, 0) is 6.18 Å². The van der Waals surface area contributed by atoms with Crippen molar-refractivity contribution in [3.63, 3.8) is 0 Å². The van der Waals surface area contributed by atoms with Gasteiger partial charge in [-0.25, -0.2) is 4.98 Å². The summed E-state index contributed by atoms with van der Waals surface area (Å²) in [5.41, 5.74) is -0.492. The standard InChI is InChI=1S/C14H13F3N4O/c15-14(16,17)11-7-12(18-8-3-5-10(22)6-4-8)21-13(20-11)19-9-1-2-9/h3-7,9,22H,1-2H2,(H2,18,19,20,21). The van der Waals surface area contributed by atoms with Gasteiger partial charge in [0, 0.05) is 17.8 Å². The van der Waals surface area contributed by atoms with E-state index < -0.39 is 11.9 Å². The van der Waals surface area contributed by atoms with Gasteiger partial charge in [-0.15, -0.1) is 0 Å². The van der Waals surface area contributed by atoms with Crippen LogP contribution in [0, 0.1) is 0 Å². The van der Waals surface area contributed by atoms with E-state index in [9.17, 15) is 18.3 Å². The molecule has 1 aliphatic carbocycles. The van der Waals surface area contributed by atoms with Gasteiger partial charge in [0.2, 0.25) is 5.95 Å². The van der Waals surface area contributed by atoms with Crippen LogP contribution >= 0.6 is 0 Å². The molecule has 1 fully saturated rings. The number of aromatic nitrogens is 2. The summed E-state index contributed by atoms with van der Waals surface area (Å²) >= 11 is 0. The van der Waals surface area contributed by atoms with Crippen LogP contribution in [0.2, 0.25) is 0 Å². The number of benzene rings is 1. The highest BCUT2D eigenvalue weighted by Gasteiger charge is 2.34. The Hall–Kier alpha value is -2.51. The molecular formula is C14H13F3N4O. The van der Waals surface area contributed by atoms with Crippen LogP contribution in [0.15, 0.2) is 30.3 Å². The SMILES string of the molecule is Oc1ccc(Nc2cc(C(F)(F)F)nc(NC3CC3)n2)cc1. The highest BCUT2D eigenvalue weighted by molar-refractivity contribution is 5.58. The van der Waals surface area contributed by atoms with E-state index in [-0.39, 0.29) is 23.6 Å². The minimum atomic E-state index is -4.55. The minimum absolute atomic E-state index is 0.0381. The first-order chi connectivity index (χ1) is 10.4. The van der Waals surface area contributed by atoms with Gasteiger partial charge in [0.25, 0.3) is 0 Å². The Kier molecular flexibility index (Phi) is 3.51. The van der Waals surface area contributed by atoms with Gasteiger partial charge < -0.3 is 15.7 Å². The molecule has 0 aliphatic heterocycles. The number of hydrogen-bond donors (Lipinski definition) is 3. The Labute approximate surface area is 124 Å². The van der Waals surface area contributed by atoms with Crippen molar-refractivity contribution in [2.24, 2.45) is 0 Å². The lowest BCUT2D eigenvalue weighted by atomic mass is 10.3. The van der Waals surface area contributed by atoms with Crippen LogP contribution < -0.4 is 10.6 Å². The van der Waals surface area contributed by atoms with E-state index in [0.29, 0.717) is 5.69 Å². The zero-order chi connectivity index (χ0) is 15.7. The molecule has 0 amide bonds. The van der Waals surface area contributed by atoms with Crippen LogP contribution in [0.5, 0.6) is 5.75 Å². The molecule has 1 saturated carbocycles. The molecule has 5 nitrogen and oxygen atoms in total.